The van der Waals surface area contributed by atoms with Crippen LogP contribution in [0.4, 0.5) is 5.69 Å². The minimum Gasteiger partial charge on any atom is -0.480 e. The lowest BCUT2D eigenvalue weighted by molar-refractivity contribution is 0.402. The summed E-state index contributed by atoms with van der Waals surface area (Å²) in [4.78, 5) is 0. The minimum atomic E-state index is -3.64. The third kappa shape index (κ3) is 3.04. The standard InChI is InChI=1S/C10H14N4O3S2/c1-7(2)14-6-8(5-11-14)13-19(15,16)10-4-9(17-3)12-18-10/h4-7,13H,1-3H3. The molecule has 7 nitrogen and oxygen atoms in total. The van der Waals surface area contributed by atoms with Crippen LogP contribution < -0.4 is 9.46 Å². The second kappa shape index (κ2) is 5.17. The van der Waals surface area contributed by atoms with Gasteiger partial charge in [0.25, 0.3) is 10.0 Å². The number of aromatic nitrogens is 3. The van der Waals surface area contributed by atoms with Crippen molar-refractivity contribution in [1.82, 2.24) is 14.2 Å². The van der Waals surface area contributed by atoms with Gasteiger partial charge in [0.15, 0.2) is 4.21 Å². The van der Waals surface area contributed by atoms with Crippen molar-refractivity contribution in [3.63, 3.8) is 0 Å². The molecule has 2 aromatic heterocycles. The van der Waals surface area contributed by atoms with Crippen molar-refractivity contribution in [3.05, 3.63) is 18.5 Å². The second-order valence-corrected chi connectivity index (χ2v) is 6.81. The Balaban J connectivity index is 2.20. The highest BCUT2D eigenvalue weighted by molar-refractivity contribution is 7.94. The summed E-state index contributed by atoms with van der Waals surface area (Å²) in [5.41, 5.74) is 0.418. The van der Waals surface area contributed by atoms with Crippen molar-refractivity contribution in [1.29, 1.82) is 0 Å². The average molecular weight is 302 g/mol. The van der Waals surface area contributed by atoms with E-state index in [2.05, 4.69) is 14.2 Å². The zero-order valence-electron chi connectivity index (χ0n) is 10.7. The predicted octanol–water partition coefficient (Wildman–Crippen LogP) is 1.73. The molecule has 0 atom stereocenters. The lowest BCUT2D eigenvalue weighted by atomic mass is 10.4. The molecule has 0 fully saturated rings. The van der Waals surface area contributed by atoms with Gasteiger partial charge in [0, 0.05) is 18.3 Å². The zero-order valence-corrected chi connectivity index (χ0v) is 12.3. The summed E-state index contributed by atoms with van der Waals surface area (Å²) in [6.45, 7) is 3.92. The van der Waals surface area contributed by atoms with Crippen molar-refractivity contribution in [3.8, 4) is 5.88 Å². The largest absolute Gasteiger partial charge is 0.480 e. The van der Waals surface area contributed by atoms with E-state index in [-0.39, 0.29) is 16.1 Å². The maximum absolute atomic E-state index is 12.1. The van der Waals surface area contributed by atoms with Crippen LogP contribution in [0.15, 0.2) is 22.7 Å². The Kier molecular flexibility index (Phi) is 3.76. The first-order valence-electron chi connectivity index (χ1n) is 5.50. The molecular weight excluding hydrogens is 288 g/mol. The molecule has 2 rings (SSSR count). The average Bonchev–Trinajstić information content (AvgIpc) is 2.96. The van der Waals surface area contributed by atoms with Gasteiger partial charge in [-0.25, -0.2) is 8.42 Å². The SMILES string of the molecule is COc1cc(S(=O)(=O)Nc2cnn(C(C)C)c2)sn1. The Morgan fingerprint density at radius 3 is 2.74 bits per heavy atom. The van der Waals surface area contributed by atoms with E-state index in [1.165, 1.54) is 19.4 Å². The molecule has 0 saturated heterocycles. The molecule has 0 radical (unpaired) electrons. The Hall–Kier alpha value is -1.61. The lowest BCUT2D eigenvalue weighted by Gasteiger charge is -2.04. The summed E-state index contributed by atoms with van der Waals surface area (Å²) in [7, 11) is -2.21. The fraction of sp³-hybridized carbons (Fsp3) is 0.400. The fourth-order valence-corrected chi connectivity index (χ4v) is 3.21. The van der Waals surface area contributed by atoms with E-state index >= 15 is 0 Å². The molecular formula is C10H14N4O3S2. The van der Waals surface area contributed by atoms with Gasteiger partial charge in [-0.1, -0.05) is 0 Å². The first-order valence-corrected chi connectivity index (χ1v) is 7.75. The topological polar surface area (TPSA) is 86.1 Å². The molecule has 0 aliphatic carbocycles. The number of rotatable bonds is 5. The molecule has 19 heavy (non-hydrogen) atoms. The van der Waals surface area contributed by atoms with E-state index in [1.807, 2.05) is 13.8 Å². The molecule has 0 unspecified atom stereocenters. The van der Waals surface area contributed by atoms with Gasteiger partial charge in [-0.05, 0) is 25.4 Å². The van der Waals surface area contributed by atoms with Gasteiger partial charge in [-0.2, -0.15) is 9.47 Å². The molecule has 2 heterocycles. The molecule has 104 valence electrons. The number of anilines is 1. The summed E-state index contributed by atoms with van der Waals surface area (Å²) in [6, 6.07) is 1.54. The van der Waals surface area contributed by atoms with Crippen LogP contribution in [0.5, 0.6) is 5.88 Å². The Morgan fingerprint density at radius 1 is 1.47 bits per heavy atom. The number of nitrogens with one attached hydrogen (secondary N) is 1. The summed E-state index contributed by atoms with van der Waals surface area (Å²) in [5.74, 6) is 0.281. The van der Waals surface area contributed by atoms with Crippen molar-refractivity contribution in [2.45, 2.75) is 24.1 Å². The molecule has 0 aliphatic heterocycles. The fourth-order valence-electron chi connectivity index (χ4n) is 1.34. The van der Waals surface area contributed by atoms with Crippen molar-refractivity contribution >= 4 is 27.2 Å². The van der Waals surface area contributed by atoms with Crippen LogP contribution in [-0.2, 0) is 10.0 Å². The third-order valence-corrected chi connectivity index (χ3v) is 4.93. The van der Waals surface area contributed by atoms with E-state index in [0.29, 0.717) is 5.69 Å². The molecule has 9 heteroatoms. The summed E-state index contributed by atoms with van der Waals surface area (Å²) in [6.07, 6.45) is 3.11. The van der Waals surface area contributed by atoms with Crippen molar-refractivity contribution in [2.75, 3.05) is 11.8 Å². The quantitative estimate of drug-likeness (QED) is 0.909. The summed E-state index contributed by atoms with van der Waals surface area (Å²) < 4.78 is 37.1. The van der Waals surface area contributed by atoms with Gasteiger partial charge in [-0.15, -0.1) is 0 Å². The van der Waals surface area contributed by atoms with Crippen LogP contribution in [0.3, 0.4) is 0 Å². The smallest absolute Gasteiger partial charge is 0.273 e. The number of methoxy groups -OCH3 is 1. The highest BCUT2D eigenvalue weighted by Crippen LogP contribution is 2.23. The first-order chi connectivity index (χ1) is 8.92. The molecule has 2 aromatic rings. The molecule has 1 N–H and O–H groups in total. The van der Waals surface area contributed by atoms with Crippen LogP contribution in [0.25, 0.3) is 0 Å². The highest BCUT2D eigenvalue weighted by atomic mass is 32.2. The summed E-state index contributed by atoms with van der Waals surface area (Å²) >= 11 is 0.861. The van der Waals surface area contributed by atoms with Crippen LogP contribution in [0.1, 0.15) is 19.9 Å². The number of hydrogen-bond donors (Lipinski definition) is 1. The van der Waals surface area contributed by atoms with Crippen LogP contribution in [0, 0.1) is 0 Å². The molecule has 0 aliphatic rings. The van der Waals surface area contributed by atoms with Crippen molar-refractivity contribution in [2.24, 2.45) is 0 Å². The first kappa shape index (κ1) is 13.8. The maximum atomic E-state index is 12.1. The highest BCUT2D eigenvalue weighted by Gasteiger charge is 2.19. The normalized spacial score (nSPS) is 11.8. The number of nitrogens with zero attached hydrogens (tertiary/aromatic N) is 3. The lowest BCUT2D eigenvalue weighted by Crippen LogP contribution is -2.11. The van der Waals surface area contributed by atoms with Crippen LogP contribution in [0.2, 0.25) is 0 Å². The van der Waals surface area contributed by atoms with E-state index in [0.717, 1.165) is 11.5 Å². The molecule has 0 bridgehead atoms. The monoisotopic (exact) mass is 302 g/mol. The van der Waals surface area contributed by atoms with E-state index in [9.17, 15) is 8.42 Å². The molecule has 0 saturated carbocycles. The van der Waals surface area contributed by atoms with E-state index in [4.69, 9.17) is 4.74 Å². The van der Waals surface area contributed by atoms with Gasteiger partial charge in [0.2, 0.25) is 5.88 Å². The van der Waals surface area contributed by atoms with Gasteiger partial charge in [0.1, 0.15) is 0 Å². The van der Waals surface area contributed by atoms with E-state index in [1.54, 1.807) is 10.9 Å². The Morgan fingerprint density at radius 2 is 2.21 bits per heavy atom. The molecule has 0 amide bonds. The maximum Gasteiger partial charge on any atom is 0.273 e. The molecule has 0 spiro atoms. The number of hydrogen-bond acceptors (Lipinski definition) is 6. The Labute approximate surface area is 115 Å². The van der Waals surface area contributed by atoms with Gasteiger partial charge >= 0.3 is 0 Å². The van der Waals surface area contributed by atoms with Gasteiger partial charge in [0.05, 0.1) is 19.0 Å². The van der Waals surface area contributed by atoms with E-state index < -0.39 is 10.0 Å². The van der Waals surface area contributed by atoms with Crippen molar-refractivity contribution < 1.29 is 13.2 Å². The molecule has 0 aromatic carbocycles. The predicted molar refractivity (Wildman–Crippen MR) is 72.1 cm³/mol. The zero-order chi connectivity index (χ0) is 14.0. The van der Waals surface area contributed by atoms with Gasteiger partial charge in [-0.3, -0.25) is 9.40 Å². The Bertz CT molecular complexity index is 660. The van der Waals surface area contributed by atoms with Crippen LogP contribution >= 0.6 is 11.5 Å². The summed E-state index contributed by atoms with van der Waals surface area (Å²) in [5, 5.41) is 4.07. The second-order valence-electron chi connectivity index (χ2n) is 4.10. The third-order valence-electron chi connectivity index (χ3n) is 2.32. The number of sulfonamides is 1. The number of ether oxygens (including phenoxy) is 1. The van der Waals surface area contributed by atoms with Gasteiger partial charge < -0.3 is 4.74 Å². The minimum absolute atomic E-state index is 0.0987. The van der Waals surface area contributed by atoms with Crippen LogP contribution in [-0.4, -0.2) is 29.7 Å².